The fraction of sp³-hybridized carbons (Fsp3) is 0.185. The van der Waals surface area contributed by atoms with E-state index in [1.165, 1.54) is 13.8 Å². The van der Waals surface area contributed by atoms with Gasteiger partial charge >= 0.3 is 5.97 Å². The number of para-hydroxylation sites is 1. The lowest BCUT2D eigenvalue weighted by atomic mass is 10.1. The minimum absolute atomic E-state index is 0.182. The van der Waals surface area contributed by atoms with Gasteiger partial charge in [0.2, 0.25) is 0 Å². The molecule has 3 aromatic carbocycles. The summed E-state index contributed by atoms with van der Waals surface area (Å²) in [4.78, 5) is 27.0. The Labute approximate surface area is 197 Å². The van der Waals surface area contributed by atoms with Crippen LogP contribution in [0.4, 0.5) is 0 Å². The number of aromatic amines is 1. The Morgan fingerprint density at radius 1 is 0.971 bits per heavy atom. The molecule has 174 valence electrons. The van der Waals surface area contributed by atoms with Crippen LogP contribution < -0.4 is 14.8 Å². The molecule has 4 aromatic rings. The first-order valence-corrected chi connectivity index (χ1v) is 10.9. The lowest BCUT2D eigenvalue weighted by Crippen LogP contribution is -2.38. The largest absolute Gasteiger partial charge is 0.478 e. The van der Waals surface area contributed by atoms with Gasteiger partial charge in [-0.25, -0.2) is 4.79 Å². The zero-order chi connectivity index (χ0) is 24.3. The number of benzene rings is 3. The van der Waals surface area contributed by atoms with Crippen LogP contribution in [0.2, 0.25) is 0 Å². The van der Waals surface area contributed by atoms with Crippen molar-refractivity contribution in [3.05, 3.63) is 89.6 Å². The van der Waals surface area contributed by atoms with Crippen LogP contribution in [-0.4, -0.2) is 27.6 Å². The highest BCUT2D eigenvalue weighted by molar-refractivity contribution is 5.97. The lowest BCUT2D eigenvalue weighted by Gasteiger charge is -2.23. The molecule has 0 spiro atoms. The quantitative estimate of drug-likeness (QED) is 0.326. The third-order valence-electron chi connectivity index (χ3n) is 5.39. The van der Waals surface area contributed by atoms with Crippen molar-refractivity contribution < 1.29 is 24.2 Å². The Kier molecular flexibility index (Phi) is 6.27. The van der Waals surface area contributed by atoms with Gasteiger partial charge in [0.15, 0.2) is 5.60 Å². The molecule has 0 saturated heterocycles. The predicted octanol–water partition coefficient (Wildman–Crippen LogP) is 5.44. The minimum Gasteiger partial charge on any atom is -0.478 e. The zero-order valence-electron chi connectivity index (χ0n) is 19.2. The summed E-state index contributed by atoms with van der Waals surface area (Å²) in [5.74, 6) is 0.473. The average molecular weight is 459 g/mol. The summed E-state index contributed by atoms with van der Waals surface area (Å²) in [7, 11) is 0. The topological polar surface area (TPSA) is 101 Å². The molecule has 1 heterocycles. The maximum Gasteiger partial charge on any atom is 0.347 e. The highest BCUT2D eigenvalue weighted by Gasteiger charge is 2.29. The van der Waals surface area contributed by atoms with E-state index in [-0.39, 0.29) is 5.91 Å². The number of carboxylic acid groups (broad SMARTS) is 1. The molecule has 1 aromatic heterocycles. The molecule has 4 rings (SSSR count). The number of fused-ring (bicyclic) bond motifs is 1. The molecule has 0 aliphatic rings. The second kappa shape index (κ2) is 9.31. The number of aliphatic carboxylic acids is 1. The summed E-state index contributed by atoms with van der Waals surface area (Å²) in [5.41, 5.74) is 1.74. The number of rotatable bonds is 8. The standard InChI is InChI=1S/C27H26N2O5/c1-17-13-21(11-12-24(17)34-27(2,3)26(31)32)33-20-9-6-7-18(14-20)16-28-25(30)23-15-19-8-4-5-10-22(19)29-23/h4-15,29H,16H2,1-3H3,(H,28,30)(H,31,32). The van der Waals surface area contributed by atoms with Crippen LogP contribution in [0.3, 0.4) is 0 Å². The van der Waals surface area contributed by atoms with Gasteiger partial charge in [-0.1, -0.05) is 30.3 Å². The number of hydrogen-bond donors (Lipinski definition) is 3. The fourth-order valence-corrected chi connectivity index (χ4v) is 3.45. The summed E-state index contributed by atoms with van der Waals surface area (Å²) >= 11 is 0. The molecule has 0 fully saturated rings. The van der Waals surface area contributed by atoms with Crippen molar-refractivity contribution in [3.63, 3.8) is 0 Å². The van der Waals surface area contributed by atoms with E-state index < -0.39 is 11.6 Å². The van der Waals surface area contributed by atoms with Crippen molar-refractivity contribution in [3.8, 4) is 17.2 Å². The van der Waals surface area contributed by atoms with Gasteiger partial charge in [-0.15, -0.1) is 0 Å². The van der Waals surface area contributed by atoms with Gasteiger partial charge in [-0.05, 0) is 74.4 Å². The Balaban J connectivity index is 1.40. The predicted molar refractivity (Wildman–Crippen MR) is 130 cm³/mol. The maximum atomic E-state index is 12.6. The van der Waals surface area contributed by atoms with Crippen molar-refractivity contribution >= 4 is 22.8 Å². The minimum atomic E-state index is -1.33. The molecule has 0 aliphatic carbocycles. The number of carbonyl (C=O) groups is 2. The third kappa shape index (κ3) is 5.20. The maximum absolute atomic E-state index is 12.6. The summed E-state index contributed by atoms with van der Waals surface area (Å²) in [6, 6.07) is 22.2. The van der Waals surface area contributed by atoms with Crippen molar-refractivity contribution in [2.75, 3.05) is 0 Å². The fourth-order valence-electron chi connectivity index (χ4n) is 3.45. The lowest BCUT2D eigenvalue weighted by molar-refractivity contribution is -0.152. The van der Waals surface area contributed by atoms with E-state index >= 15 is 0 Å². The van der Waals surface area contributed by atoms with Crippen LogP contribution in [0.25, 0.3) is 10.9 Å². The molecule has 0 radical (unpaired) electrons. The molecule has 1 amide bonds. The average Bonchev–Trinajstić information content (AvgIpc) is 3.24. The molecule has 0 aliphatic heterocycles. The van der Waals surface area contributed by atoms with Crippen LogP contribution in [0, 0.1) is 6.92 Å². The number of amides is 1. The number of carbonyl (C=O) groups excluding carboxylic acids is 1. The number of carboxylic acids is 1. The smallest absolute Gasteiger partial charge is 0.347 e. The molecule has 0 unspecified atom stereocenters. The Hall–Kier alpha value is -4.26. The second-order valence-corrected chi connectivity index (χ2v) is 8.55. The van der Waals surface area contributed by atoms with Crippen LogP contribution in [0.1, 0.15) is 35.5 Å². The van der Waals surface area contributed by atoms with Crippen molar-refractivity contribution in [1.82, 2.24) is 10.3 Å². The van der Waals surface area contributed by atoms with E-state index in [1.54, 1.807) is 18.2 Å². The summed E-state index contributed by atoms with van der Waals surface area (Å²) in [6.07, 6.45) is 0. The van der Waals surface area contributed by atoms with E-state index in [0.29, 0.717) is 29.5 Å². The number of hydrogen-bond acceptors (Lipinski definition) is 4. The number of aromatic nitrogens is 1. The first kappa shape index (κ1) is 22.9. The van der Waals surface area contributed by atoms with Crippen molar-refractivity contribution in [2.45, 2.75) is 32.9 Å². The van der Waals surface area contributed by atoms with E-state index in [0.717, 1.165) is 22.0 Å². The first-order chi connectivity index (χ1) is 16.2. The van der Waals surface area contributed by atoms with E-state index in [1.807, 2.05) is 61.5 Å². The van der Waals surface area contributed by atoms with Crippen LogP contribution >= 0.6 is 0 Å². The van der Waals surface area contributed by atoms with Crippen LogP contribution in [-0.2, 0) is 11.3 Å². The summed E-state index contributed by atoms with van der Waals surface area (Å²) in [6.45, 7) is 5.18. The van der Waals surface area contributed by atoms with Crippen LogP contribution in [0.15, 0.2) is 72.8 Å². The summed E-state index contributed by atoms with van der Waals surface area (Å²) < 4.78 is 11.6. The van der Waals surface area contributed by atoms with Gasteiger partial charge in [0.1, 0.15) is 22.9 Å². The highest BCUT2D eigenvalue weighted by Crippen LogP contribution is 2.30. The Morgan fingerprint density at radius 2 is 1.74 bits per heavy atom. The monoisotopic (exact) mass is 458 g/mol. The molecule has 3 N–H and O–H groups in total. The first-order valence-electron chi connectivity index (χ1n) is 10.9. The van der Waals surface area contributed by atoms with Crippen molar-refractivity contribution in [2.24, 2.45) is 0 Å². The normalized spacial score (nSPS) is 11.3. The molecule has 0 saturated carbocycles. The second-order valence-electron chi connectivity index (χ2n) is 8.55. The van der Waals surface area contributed by atoms with Gasteiger partial charge < -0.3 is 24.9 Å². The third-order valence-corrected chi connectivity index (χ3v) is 5.39. The summed E-state index contributed by atoms with van der Waals surface area (Å²) in [5, 5.41) is 13.2. The molecule has 7 nitrogen and oxygen atoms in total. The van der Waals surface area contributed by atoms with Gasteiger partial charge in [0.05, 0.1) is 0 Å². The Bertz CT molecular complexity index is 1320. The van der Waals surface area contributed by atoms with Gasteiger partial charge in [0.25, 0.3) is 5.91 Å². The molecular formula is C27H26N2O5. The number of nitrogens with one attached hydrogen (secondary N) is 2. The zero-order valence-corrected chi connectivity index (χ0v) is 19.2. The van der Waals surface area contributed by atoms with Gasteiger partial charge in [-0.3, -0.25) is 4.79 Å². The SMILES string of the molecule is Cc1cc(Oc2cccc(CNC(=O)c3cc4ccccc4[nH]3)c2)ccc1OC(C)(C)C(=O)O. The van der Waals surface area contributed by atoms with E-state index in [4.69, 9.17) is 9.47 Å². The van der Waals surface area contributed by atoms with Crippen LogP contribution in [0.5, 0.6) is 17.2 Å². The molecule has 0 bridgehead atoms. The number of ether oxygens (including phenoxy) is 2. The molecular weight excluding hydrogens is 432 g/mol. The Morgan fingerprint density at radius 3 is 2.47 bits per heavy atom. The van der Waals surface area contributed by atoms with E-state index in [2.05, 4.69) is 10.3 Å². The molecule has 7 heteroatoms. The van der Waals surface area contributed by atoms with Gasteiger partial charge in [-0.2, -0.15) is 0 Å². The molecule has 34 heavy (non-hydrogen) atoms. The number of aryl methyl sites for hydroxylation is 1. The van der Waals surface area contributed by atoms with E-state index in [9.17, 15) is 14.7 Å². The van der Waals surface area contributed by atoms with Crippen molar-refractivity contribution in [1.29, 1.82) is 0 Å². The molecule has 0 atom stereocenters. The number of H-pyrrole nitrogens is 1. The van der Waals surface area contributed by atoms with Gasteiger partial charge in [0, 0.05) is 17.4 Å². The highest BCUT2D eigenvalue weighted by atomic mass is 16.5.